The monoisotopic (exact) mass is 460 g/mol. The second kappa shape index (κ2) is 10.6. The van der Waals surface area contributed by atoms with Crippen LogP contribution in [0.1, 0.15) is 60.7 Å². The van der Waals surface area contributed by atoms with Crippen LogP contribution in [0.3, 0.4) is 0 Å². The first kappa shape index (κ1) is 23.6. The van der Waals surface area contributed by atoms with Gasteiger partial charge in [0.2, 0.25) is 5.91 Å². The highest BCUT2D eigenvalue weighted by molar-refractivity contribution is 5.81. The SMILES string of the molecule is CCC(=O)N1CCc2ccc(O[C@@H](CC)C(=O)NCc3ccco3)cc2[C@@H]1c1ccc(C)cc1. The molecule has 6 heteroatoms. The zero-order valence-electron chi connectivity index (χ0n) is 20.0. The van der Waals surface area contributed by atoms with E-state index in [0.29, 0.717) is 37.4 Å². The van der Waals surface area contributed by atoms with Gasteiger partial charge in [0.25, 0.3) is 5.91 Å². The van der Waals surface area contributed by atoms with Gasteiger partial charge in [0.05, 0.1) is 18.8 Å². The van der Waals surface area contributed by atoms with Gasteiger partial charge in [-0.15, -0.1) is 0 Å². The highest BCUT2D eigenvalue weighted by Crippen LogP contribution is 2.37. The number of carbonyl (C=O) groups excluding carboxylic acids is 2. The standard InChI is InChI=1S/C28H32N2O4/c1-4-25(28(32)29-18-23-7-6-16-33-23)34-22-13-12-20-14-15-30(26(31)5-2)27(24(20)17-22)21-10-8-19(3)9-11-21/h6-13,16-17,25,27H,4-5,14-15,18H2,1-3H3,(H,29,32)/t25-,27-/m0/s1. The van der Waals surface area contributed by atoms with E-state index in [1.165, 1.54) is 11.1 Å². The lowest BCUT2D eigenvalue weighted by Crippen LogP contribution is -2.40. The summed E-state index contributed by atoms with van der Waals surface area (Å²) in [6, 6.07) is 17.8. The zero-order chi connectivity index (χ0) is 24.1. The van der Waals surface area contributed by atoms with Crippen LogP contribution in [0.15, 0.2) is 65.3 Å². The third-order valence-corrected chi connectivity index (χ3v) is 6.32. The van der Waals surface area contributed by atoms with E-state index < -0.39 is 6.10 Å². The van der Waals surface area contributed by atoms with Crippen LogP contribution >= 0.6 is 0 Å². The predicted molar refractivity (Wildman–Crippen MR) is 130 cm³/mol. The van der Waals surface area contributed by atoms with Crippen molar-refractivity contribution in [3.63, 3.8) is 0 Å². The second-order valence-corrected chi connectivity index (χ2v) is 8.68. The van der Waals surface area contributed by atoms with Gasteiger partial charge < -0.3 is 19.4 Å². The molecule has 0 aliphatic carbocycles. The van der Waals surface area contributed by atoms with Crippen LogP contribution in [0.2, 0.25) is 0 Å². The maximum Gasteiger partial charge on any atom is 0.261 e. The topological polar surface area (TPSA) is 71.8 Å². The first-order valence-electron chi connectivity index (χ1n) is 12.0. The number of rotatable bonds is 8. The molecule has 0 saturated carbocycles. The molecule has 1 aliphatic rings. The summed E-state index contributed by atoms with van der Waals surface area (Å²) in [5, 5.41) is 2.88. The molecule has 1 aromatic heterocycles. The molecule has 6 nitrogen and oxygen atoms in total. The molecule has 34 heavy (non-hydrogen) atoms. The summed E-state index contributed by atoms with van der Waals surface area (Å²) >= 11 is 0. The Morgan fingerprint density at radius 2 is 1.94 bits per heavy atom. The van der Waals surface area contributed by atoms with Crippen molar-refractivity contribution in [1.29, 1.82) is 0 Å². The van der Waals surface area contributed by atoms with Crippen LogP contribution in [-0.4, -0.2) is 29.4 Å². The number of hydrogen-bond donors (Lipinski definition) is 1. The number of nitrogens with one attached hydrogen (secondary N) is 1. The number of nitrogens with zero attached hydrogens (tertiary/aromatic N) is 1. The smallest absolute Gasteiger partial charge is 0.261 e. The molecule has 0 spiro atoms. The third kappa shape index (κ3) is 5.16. The number of fused-ring (bicyclic) bond motifs is 1. The minimum Gasteiger partial charge on any atom is -0.481 e. The summed E-state index contributed by atoms with van der Waals surface area (Å²) in [5.74, 6) is 1.26. The van der Waals surface area contributed by atoms with Crippen LogP contribution < -0.4 is 10.1 Å². The van der Waals surface area contributed by atoms with Gasteiger partial charge in [-0.2, -0.15) is 0 Å². The first-order valence-corrected chi connectivity index (χ1v) is 12.0. The average molecular weight is 461 g/mol. The van der Waals surface area contributed by atoms with Crippen molar-refractivity contribution >= 4 is 11.8 Å². The number of ether oxygens (including phenoxy) is 1. The van der Waals surface area contributed by atoms with E-state index in [1.54, 1.807) is 12.3 Å². The molecule has 1 aliphatic heterocycles. The quantitative estimate of drug-likeness (QED) is 0.517. The van der Waals surface area contributed by atoms with Gasteiger partial charge in [-0.3, -0.25) is 9.59 Å². The maximum absolute atomic E-state index is 12.8. The number of benzene rings is 2. The fourth-order valence-electron chi connectivity index (χ4n) is 4.43. The lowest BCUT2D eigenvalue weighted by atomic mass is 9.87. The summed E-state index contributed by atoms with van der Waals surface area (Å²) in [6.45, 7) is 6.88. The summed E-state index contributed by atoms with van der Waals surface area (Å²) in [6.07, 6.45) is 2.75. The van der Waals surface area contributed by atoms with Crippen LogP contribution in [0.4, 0.5) is 0 Å². The van der Waals surface area contributed by atoms with Crippen LogP contribution in [-0.2, 0) is 22.6 Å². The summed E-state index contributed by atoms with van der Waals surface area (Å²) in [4.78, 5) is 27.5. The molecule has 0 saturated heterocycles. The van der Waals surface area contributed by atoms with Gasteiger partial charge in [0, 0.05) is 13.0 Å². The average Bonchev–Trinajstić information content (AvgIpc) is 3.39. The Labute approximate surface area is 200 Å². The molecule has 2 amide bonds. The van der Waals surface area contributed by atoms with E-state index >= 15 is 0 Å². The molecule has 0 bridgehead atoms. The Kier molecular flexibility index (Phi) is 7.36. The summed E-state index contributed by atoms with van der Waals surface area (Å²) < 4.78 is 11.4. The summed E-state index contributed by atoms with van der Waals surface area (Å²) in [5.41, 5.74) is 4.51. The van der Waals surface area contributed by atoms with E-state index in [4.69, 9.17) is 9.15 Å². The molecule has 178 valence electrons. The van der Waals surface area contributed by atoms with E-state index in [0.717, 1.165) is 17.5 Å². The van der Waals surface area contributed by atoms with Crippen molar-refractivity contribution in [3.05, 3.63) is 88.9 Å². The normalized spacial score (nSPS) is 16.0. The van der Waals surface area contributed by atoms with Gasteiger partial charge in [-0.05, 0) is 60.7 Å². The second-order valence-electron chi connectivity index (χ2n) is 8.68. The molecule has 0 radical (unpaired) electrons. The van der Waals surface area contributed by atoms with E-state index in [-0.39, 0.29) is 17.9 Å². The van der Waals surface area contributed by atoms with Crippen LogP contribution in [0.5, 0.6) is 5.75 Å². The van der Waals surface area contributed by atoms with Crippen molar-refractivity contribution in [3.8, 4) is 5.75 Å². The van der Waals surface area contributed by atoms with Crippen LogP contribution in [0.25, 0.3) is 0 Å². The highest BCUT2D eigenvalue weighted by atomic mass is 16.5. The zero-order valence-corrected chi connectivity index (χ0v) is 20.0. The van der Waals surface area contributed by atoms with Crippen molar-refractivity contribution in [2.75, 3.05) is 6.54 Å². The number of carbonyl (C=O) groups is 2. The van der Waals surface area contributed by atoms with Gasteiger partial charge in [0.15, 0.2) is 6.10 Å². The van der Waals surface area contributed by atoms with E-state index in [2.05, 4.69) is 42.6 Å². The van der Waals surface area contributed by atoms with Gasteiger partial charge in [-0.1, -0.05) is 49.7 Å². The molecule has 2 atom stereocenters. The molecular weight excluding hydrogens is 428 g/mol. The Bertz CT molecular complexity index is 1120. The van der Waals surface area contributed by atoms with Crippen molar-refractivity contribution < 1.29 is 18.7 Å². The Balaban J connectivity index is 1.59. The van der Waals surface area contributed by atoms with Gasteiger partial charge >= 0.3 is 0 Å². The van der Waals surface area contributed by atoms with E-state index in [1.807, 2.05) is 36.9 Å². The van der Waals surface area contributed by atoms with Crippen molar-refractivity contribution in [2.24, 2.45) is 0 Å². The van der Waals surface area contributed by atoms with Crippen LogP contribution in [0, 0.1) is 6.92 Å². The predicted octanol–water partition coefficient (Wildman–Crippen LogP) is 4.95. The fourth-order valence-corrected chi connectivity index (χ4v) is 4.43. The van der Waals surface area contributed by atoms with E-state index in [9.17, 15) is 9.59 Å². The lowest BCUT2D eigenvalue weighted by Gasteiger charge is -2.38. The largest absolute Gasteiger partial charge is 0.481 e. The molecule has 2 aromatic carbocycles. The number of amides is 2. The Hall–Kier alpha value is -3.54. The molecule has 4 rings (SSSR count). The molecule has 0 fully saturated rings. The maximum atomic E-state index is 12.8. The number of hydrogen-bond acceptors (Lipinski definition) is 4. The highest BCUT2D eigenvalue weighted by Gasteiger charge is 2.32. The molecule has 2 heterocycles. The summed E-state index contributed by atoms with van der Waals surface area (Å²) in [7, 11) is 0. The first-order chi connectivity index (χ1) is 16.5. The Morgan fingerprint density at radius 3 is 2.62 bits per heavy atom. The Morgan fingerprint density at radius 1 is 1.15 bits per heavy atom. The van der Waals surface area contributed by atoms with Crippen molar-refractivity contribution in [1.82, 2.24) is 10.2 Å². The number of aryl methyl sites for hydroxylation is 1. The minimum atomic E-state index is -0.622. The lowest BCUT2D eigenvalue weighted by molar-refractivity contribution is -0.133. The fraction of sp³-hybridized carbons (Fsp3) is 0.357. The van der Waals surface area contributed by atoms with Gasteiger partial charge in [-0.25, -0.2) is 0 Å². The van der Waals surface area contributed by atoms with Crippen molar-refractivity contribution in [2.45, 2.75) is 58.7 Å². The molecule has 0 unspecified atom stereocenters. The number of furan rings is 1. The third-order valence-electron chi connectivity index (χ3n) is 6.32. The molecular formula is C28H32N2O4. The van der Waals surface area contributed by atoms with Gasteiger partial charge in [0.1, 0.15) is 11.5 Å². The molecule has 3 aromatic rings. The minimum absolute atomic E-state index is 0.131. The molecule has 1 N–H and O–H groups in total.